The number of hydrogen-bond donors (Lipinski definition) is 1. The van der Waals surface area contributed by atoms with Crippen molar-refractivity contribution in [2.75, 3.05) is 5.32 Å². The molecule has 0 spiro atoms. The minimum absolute atomic E-state index is 0.159. The molecule has 3 aromatic rings. The lowest BCUT2D eigenvalue weighted by Gasteiger charge is -2.09. The largest absolute Gasteiger partial charge is 0.324 e. The standard InChI is InChI=1S/C16H9Cl2I2N3O2/c17-8-1-9(18)3-11(2-8)22-14(24)6-23-7-21-15-12(16(23)25)4-10(19)5-13(15)20/h1-5,7H,6H2,(H,22,24). The predicted molar refractivity (Wildman–Crippen MR) is 117 cm³/mol. The third kappa shape index (κ3) is 4.44. The van der Waals surface area contributed by atoms with Crippen LogP contribution in [0, 0.1) is 7.14 Å². The molecule has 0 fully saturated rings. The van der Waals surface area contributed by atoms with E-state index in [1.54, 1.807) is 24.3 Å². The molecule has 128 valence electrons. The quantitative estimate of drug-likeness (QED) is 0.450. The number of nitrogens with one attached hydrogen (secondary N) is 1. The van der Waals surface area contributed by atoms with E-state index >= 15 is 0 Å². The van der Waals surface area contributed by atoms with Gasteiger partial charge in [-0.15, -0.1) is 0 Å². The fraction of sp³-hybridized carbons (Fsp3) is 0.0625. The van der Waals surface area contributed by atoms with Crippen molar-refractivity contribution in [3.8, 4) is 0 Å². The van der Waals surface area contributed by atoms with Gasteiger partial charge in [0.1, 0.15) is 6.54 Å². The van der Waals surface area contributed by atoms with E-state index in [1.165, 1.54) is 10.9 Å². The topological polar surface area (TPSA) is 64.0 Å². The second-order valence-electron chi connectivity index (χ2n) is 5.17. The van der Waals surface area contributed by atoms with E-state index in [1.807, 2.05) is 6.07 Å². The van der Waals surface area contributed by atoms with Gasteiger partial charge < -0.3 is 5.32 Å². The number of nitrogens with zero attached hydrogens (tertiary/aromatic N) is 2. The zero-order valence-corrected chi connectivity index (χ0v) is 18.2. The average molecular weight is 600 g/mol. The molecule has 1 N–H and O–H groups in total. The Kier molecular flexibility index (Phi) is 5.86. The van der Waals surface area contributed by atoms with Gasteiger partial charge in [0.2, 0.25) is 5.91 Å². The molecule has 1 aromatic heterocycles. The van der Waals surface area contributed by atoms with Gasteiger partial charge in [-0.05, 0) is 75.5 Å². The molecule has 0 saturated carbocycles. The molecule has 0 atom stereocenters. The highest BCUT2D eigenvalue weighted by Gasteiger charge is 2.11. The molecular weight excluding hydrogens is 591 g/mol. The Bertz CT molecular complexity index is 1030. The second kappa shape index (κ2) is 7.77. The smallest absolute Gasteiger partial charge is 0.261 e. The van der Waals surface area contributed by atoms with Gasteiger partial charge in [-0.3, -0.25) is 14.2 Å². The van der Waals surface area contributed by atoms with Crippen molar-refractivity contribution in [1.29, 1.82) is 0 Å². The van der Waals surface area contributed by atoms with Crippen molar-refractivity contribution in [3.63, 3.8) is 0 Å². The highest BCUT2D eigenvalue weighted by atomic mass is 127. The zero-order chi connectivity index (χ0) is 18.1. The van der Waals surface area contributed by atoms with E-state index in [2.05, 4.69) is 55.5 Å². The van der Waals surface area contributed by atoms with Crippen LogP contribution in [0.4, 0.5) is 5.69 Å². The Morgan fingerprint density at radius 1 is 1.12 bits per heavy atom. The van der Waals surface area contributed by atoms with Gasteiger partial charge in [0, 0.05) is 22.9 Å². The first-order chi connectivity index (χ1) is 11.8. The van der Waals surface area contributed by atoms with Gasteiger partial charge in [-0.25, -0.2) is 4.98 Å². The highest BCUT2D eigenvalue weighted by Crippen LogP contribution is 2.22. The van der Waals surface area contributed by atoms with Crippen LogP contribution in [0.25, 0.3) is 10.9 Å². The lowest BCUT2D eigenvalue weighted by Crippen LogP contribution is -2.28. The maximum Gasteiger partial charge on any atom is 0.261 e. The molecule has 0 unspecified atom stereocenters. The molecule has 25 heavy (non-hydrogen) atoms. The third-order valence-corrected chi connectivity index (χ3v) is 5.19. The molecule has 0 saturated heterocycles. The molecule has 0 aliphatic carbocycles. The number of benzene rings is 2. The van der Waals surface area contributed by atoms with E-state index in [4.69, 9.17) is 23.2 Å². The molecule has 2 aromatic carbocycles. The summed E-state index contributed by atoms with van der Waals surface area (Å²) in [5.41, 5.74) is 0.832. The second-order valence-corrected chi connectivity index (χ2v) is 8.45. The van der Waals surface area contributed by atoms with Crippen LogP contribution in [0.3, 0.4) is 0 Å². The number of rotatable bonds is 3. The molecule has 0 aliphatic heterocycles. The van der Waals surface area contributed by atoms with Crippen LogP contribution in [0.2, 0.25) is 10.0 Å². The number of carbonyl (C=O) groups is 1. The summed E-state index contributed by atoms with van der Waals surface area (Å²) in [4.78, 5) is 29.2. The molecule has 0 radical (unpaired) electrons. The lowest BCUT2D eigenvalue weighted by atomic mass is 10.2. The first-order valence-corrected chi connectivity index (χ1v) is 9.85. The normalized spacial score (nSPS) is 10.9. The van der Waals surface area contributed by atoms with Crippen LogP contribution in [-0.4, -0.2) is 15.5 Å². The van der Waals surface area contributed by atoms with Crippen molar-refractivity contribution in [3.05, 3.63) is 64.2 Å². The van der Waals surface area contributed by atoms with Crippen LogP contribution >= 0.6 is 68.4 Å². The van der Waals surface area contributed by atoms with Crippen LogP contribution < -0.4 is 10.9 Å². The van der Waals surface area contributed by atoms with Gasteiger partial charge in [0.05, 0.1) is 17.2 Å². The SMILES string of the molecule is O=C(Cn1cnc2c(I)cc(I)cc2c1=O)Nc1cc(Cl)cc(Cl)c1. The van der Waals surface area contributed by atoms with Crippen LogP contribution in [0.15, 0.2) is 41.5 Å². The Labute approximate surface area is 180 Å². The number of fused-ring (bicyclic) bond motifs is 1. The number of halogens is 4. The average Bonchev–Trinajstić information content (AvgIpc) is 2.49. The summed E-state index contributed by atoms with van der Waals surface area (Å²) in [6.07, 6.45) is 1.38. The van der Waals surface area contributed by atoms with Crippen LogP contribution in [-0.2, 0) is 11.3 Å². The van der Waals surface area contributed by atoms with E-state index < -0.39 is 0 Å². The molecule has 3 rings (SSSR count). The lowest BCUT2D eigenvalue weighted by molar-refractivity contribution is -0.116. The maximum absolute atomic E-state index is 12.6. The minimum Gasteiger partial charge on any atom is -0.324 e. The van der Waals surface area contributed by atoms with Gasteiger partial charge in [0.25, 0.3) is 5.56 Å². The van der Waals surface area contributed by atoms with Crippen molar-refractivity contribution in [1.82, 2.24) is 9.55 Å². The van der Waals surface area contributed by atoms with Crippen molar-refractivity contribution < 1.29 is 4.79 Å². The zero-order valence-electron chi connectivity index (χ0n) is 12.4. The van der Waals surface area contributed by atoms with E-state index in [-0.39, 0.29) is 18.0 Å². The van der Waals surface area contributed by atoms with Crippen LogP contribution in [0.1, 0.15) is 0 Å². The van der Waals surface area contributed by atoms with E-state index in [0.717, 1.165) is 7.14 Å². The Balaban J connectivity index is 1.88. The third-order valence-electron chi connectivity index (χ3n) is 3.31. The summed E-state index contributed by atoms with van der Waals surface area (Å²) in [6.45, 7) is -0.159. The van der Waals surface area contributed by atoms with Crippen LogP contribution in [0.5, 0.6) is 0 Å². The highest BCUT2D eigenvalue weighted by molar-refractivity contribution is 14.1. The molecule has 0 aliphatic rings. The summed E-state index contributed by atoms with van der Waals surface area (Å²) >= 11 is 16.1. The molecule has 9 heteroatoms. The predicted octanol–water partition coefficient (Wildman–Crippen LogP) is 4.55. The van der Waals surface area contributed by atoms with Crippen molar-refractivity contribution >= 4 is 90.9 Å². The first kappa shape index (κ1) is 18.9. The molecular formula is C16H9Cl2I2N3O2. The molecule has 5 nitrogen and oxygen atoms in total. The number of anilines is 1. The molecule has 0 bridgehead atoms. The van der Waals surface area contributed by atoms with Crippen molar-refractivity contribution in [2.45, 2.75) is 6.54 Å². The van der Waals surface area contributed by atoms with Crippen molar-refractivity contribution in [2.24, 2.45) is 0 Å². The van der Waals surface area contributed by atoms with E-state index in [9.17, 15) is 9.59 Å². The fourth-order valence-electron chi connectivity index (χ4n) is 2.29. The Morgan fingerprint density at radius 2 is 1.80 bits per heavy atom. The fourth-order valence-corrected chi connectivity index (χ4v) is 4.80. The summed E-state index contributed by atoms with van der Waals surface area (Å²) in [7, 11) is 0. The Morgan fingerprint density at radius 3 is 2.48 bits per heavy atom. The monoisotopic (exact) mass is 599 g/mol. The van der Waals surface area contributed by atoms with E-state index in [0.29, 0.717) is 26.6 Å². The summed E-state index contributed by atoms with van der Waals surface area (Å²) < 4.78 is 3.10. The minimum atomic E-state index is -0.373. The van der Waals surface area contributed by atoms with Gasteiger partial charge in [0.15, 0.2) is 0 Å². The number of hydrogen-bond acceptors (Lipinski definition) is 3. The maximum atomic E-state index is 12.6. The summed E-state index contributed by atoms with van der Waals surface area (Å²) in [5, 5.41) is 3.98. The van der Waals surface area contributed by atoms with Gasteiger partial charge in [-0.2, -0.15) is 0 Å². The molecule has 1 amide bonds. The Hall–Kier alpha value is -0.910. The summed E-state index contributed by atoms with van der Waals surface area (Å²) in [5.74, 6) is -0.373. The van der Waals surface area contributed by atoms with Gasteiger partial charge in [-0.1, -0.05) is 23.2 Å². The number of carbonyl (C=O) groups excluding carboxylic acids is 1. The summed E-state index contributed by atoms with van der Waals surface area (Å²) in [6, 6.07) is 8.43. The van der Waals surface area contributed by atoms with Gasteiger partial charge >= 0.3 is 0 Å². The molecule has 1 heterocycles. The first-order valence-electron chi connectivity index (χ1n) is 6.93. The number of amides is 1. The number of aromatic nitrogens is 2.